The monoisotopic (exact) mass is 492 g/mol. The number of aliphatic imine (C=N–C) groups is 1. The smallest absolute Gasteiger partial charge is 0.222 e. The molecule has 6 heteroatoms. The minimum Gasteiger partial charge on any atom is -0.356 e. The van der Waals surface area contributed by atoms with Crippen molar-refractivity contribution in [3.8, 4) is 0 Å². The van der Waals surface area contributed by atoms with Crippen molar-refractivity contribution in [1.82, 2.24) is 10.2 Å². The Hall–Kier alpha value is -2.09. The van der Waals surface area contributed by atoms with Crippen LogP contribution in [-0.2, 0) is 11.3 Å². The molecule has 0 aromatic heterocycles. The van der Waals surface area contributed by atoms with E-state index < -0.39 is 0 Å². The summed E-state index contributed by atoms with van der Waals surface area (Å²) in [6.45, 7) is 5.18. The summed E-state index contributed by atoms with van der Waals surface area (Å²) >= 11 is 0. The van der Waals surface area contributed by atoms with E-state index in [1.54, 1.807) is 0 Å². The lowest BCUT2D eigenvalue weighted by Gasteiger charge is -2.17. The number of rotatable bonds is 7. The van der Waals surface area contributed by atoms with Gasteiger partial charge in [-0.25, -0.2) is 4.99 Å². The highest BCUT2D eigenvalue weighted by atomic mass is 127. The Morgan fingerprint density at radius 1 is 1.11 bits per heavy atom. The van der Waals surface area contributed by atoms with Gasteiger partial charge in [0.1, 0.15) is 0 Å². The molecule has 0 bridgehead atoms. The Morgan fingerprint density at radius 2 is 1.86 bits per heavy atom. The third kappa shape index (κ3) is 7.14. The Bertz CT molecular complexity index is 762. The van der Waals surface area contributed by atoms with Crippen LogP contribution in [0.25, 0.3) is 0 Å². The summed E-state index contributed by atoms with van der Waals surface area (Å²) < 4.78 is 0. The third-order valence-corrected chi connectivity index (χ3v) is 4.65. The van der Waals surface area contributed by atoms with E-state index in [0.717, 1.165) is 44.1 Å². The first kappa shape index (κ1) is 22.2. The van der Waals surface area contributed by atoms with Gasteiger partial charge in [-0.1, -0.05) is 48.0 Å². The van der Waals surface area contributed by atoms with Crippen LogP contribution in [0.4, 0.5) is 5.69 Å². The first-order valence-electron chi connectivity index (χ1n) is 9.64. The maximum absolute atomic E-state index is 11.7. The number of hydrogen-bond acceptors (Lipinski definition) is 2. The molecule has 1 saturated heterocycles. The number of hydrogen-bond donors (Lipinski definition) is 2. The maximum atomic E-state index is 11.7. The number of para-hydroxylation sites is 1. The van der Waals surface area contributed by atoms with Crippen molar-refractivity contribution in [2.45, 2.75) is 32.7 Å². The van der Waals surface area contributed by atoms with Crippen molar-refractivity contribution in [2.75, 3.05) is 25.0 Å². The molecule has 3 rings (SSSR count). The van der Waals surface area contributed by atoms with E-state index in [4.69, 9.17) is 4.99 Å². The van der Waals surface area contributed by atoms with Crippen LogP contribution in [0, 0.1) is 6.92 Å². The van der Waals surface area contributed by atoms with Crippen molar-refractivity contribution >= 4 is 41.5 Å². The minimum absolute atomic E-state index is 0. The molecule has 0 aliphatic carbocycles. The highest BCUT2D eigenvalue weighted by Gasteiger charge is 2.18. The lowest BCUT2D eigenvalue weighted by atomic mass is 10.1. The van der Waals surface area contributed by atoms with E-state index in [1.807, 2.05) is 35.2 Å². The summed E-state index contributed by atoms with van der Waals surface area (Å²) in [5.74, 6) is 1.04. The zero-order valence-corrected chi connectivity index (χ0v) is 18.7. The summed E-state index contributed by atoms with van der Waals surface area (Å²) in [6, 6.07) is 18.5. The van der Waals surface area contributed by atoms with Crippen molar-refractivity contribution in [2.24, 2.45) is 4.99 Å². The van der Waals surface area contributed by atoms with Gasteiger partial charge in [0, 0.05) is 31.7 Å². The fraction of sp³-hybridized carbons (Fsp3) is 0.364. The second kappa shape index (κ2) is 11.7. The first-order chi connectivity index (χ1) is 13.2. The van der Waals surface area contributed by atoms with Gasteiger partial charge in [0.15, 0.2) is 5.96 Å². The average molecular weight is 492 g/mol. The largest absolute Gasteiger partial charge is 0.356 e. The number of carbonyl (C=O) groups excluding carboxylic acids is 1. The quantitative estimate of drug-likeness (QED) is 0.264. The van der Waals surface area contributed by atoms with Crippen LogP contribution in [0.5, 0.6) is 0 Å². The van der Waals surface area contributed by atoms with E-state index >= 15 is 0 Å². The standard InChI is InChI=1S/C22H28N4O.HI/c1-18-10-12-19(13-11-18)17-24-22(25-20-7-3-2-4-8-20)23-14-6-16-26-15-5-9-21(26)27;/h2-4,7-8,10-13H,5-6,9,14-17H2,1H3,(H2,23,24,25);1H. The van der Waals surface area contributed by atoms with Gasteiger partial charge in [-0.05, 0) is 37.5 Å². The number of halogens is 1. The van der Waals surface area contributed by atoms with E-state index in [1.165, 1.54) is 11.1 Å². The summed E-state index contributed by atoms with van der Waals surface area (Å²) in [7, 11) is 0. The number of benzene rings is 2. The average Bonchev–Trinajstić information content (AvgIpc) is 3.10. The number of guanidine groups is 1. The predicted octanol–water partition coefficient (Wildman–Crippen LogP) is 4.18. The number of amides is 1. The lowest BCUT2D eigenvalue weighted by Crippen LogP contribution is -2.34. The number of anilines is 1. The van der Waals surface area contributed by atoms with E-state index in [0.29, 0.717) is 13.0 Å². The van der Waals surface area contributed by atoms with Crippen LogP contribution < -0.4 is 10.6 Å². The van der Waals surface area contributed by atoms with Crippen LogP contribution in [-0.4, -0.2) is 36.4 Å². The molecule has 2 aromatic carbocycles. The minimum atomic E-state index is 0. The third-order valence-electron chi connectivity index (χ3n) is 4.65. The maximum Gasteiger partial charge on any atom is 0.222 e. The number of aryl methyl sites for hydroxylation is 1. The molecular formula is C22H29IN4O. The summed E-state index contributed by atoms with van der Waals surface area (Å²) in [5.41, 5.74) is 3.43. The summed E-state index contributed by atoms with van der Waals surface area (Å²) in [4.78, 5) is 18.4. The molecule has 0 spiro atoms. The second-order valence-corrected chi connectivity index (χ2v) is 6.91. The van der Waals surface area contributed by atoms with Gasteiger partial charge < -0.3 is 15.5 Å². The van der Waals surface area contributed by atoms with Crippen LogP contribution in [0.1, 0.15) is 30.4 Å². The number of nitrogens with zero attached hydrogens (tertiary/aromatic N) is 2. The van der Waals surface area contributed by atoms with Crippen LogP contribution >= 0.6 is 24.0 Å². The molecule has 2 aromatic rings. The Labute approximate surface area is 184 Å². The Balaban J connectivity index is 0.00000280. The molecule has 1 amide bonds. The van der Waals surface area contributed by atoms with Gasteiger partial charge in [-0.2, -0.15) is 0 Å². The highest BCUT2D eigenvalue weighted by molar-refractivity contribution is 14.0. The molecule has 150 valence electrons. The first-order valence-corrected chi connectivity index (χ1v) is 9.64. The fourth-order valence-electron chi connectivity index (χ4n) is 3.08. The van der Waals surface area contributed by atoms with Crippen molar-refractivity contribution in [1.29, 1.82) is 0 Å². The summed E-state index contributed by atoms with van der Waals surface area (Å²) in [5, 5.41) is 6.75. The number of nitrogens with one attached hydrogen (secondary N) is 2. The SMILES string of the molecule is Cc1ccc(CN=C(NCCCN2CCCC2=O)Nc2ccccc2)cc1.I. The number of carbonyl (C=O) groups is 1. The molecule has 5 nitrogen and oxygen atoms in total. The van der Waals surface area contributed by atoms with E-state index in [-0.39, 0.29) is 29.9 Å². The Kier molecular flexibility index (Phi) is 9.27. The van der Waals surface area contributed by atoms with E-state index in [2.05, 4.69) is 41.8 Å². The molecule has 0 atom stereocenters. The molecule has 1 fully saturated rings. The molecule has 28 heavy (non-hydrogen) atoms. The predicted molar refractivity (Wildman–Crippen MR) is 126 cm³/mol. The van der Waals surface area contributed by atoms with Crippen molar-refractivity contribution in [3.63, 3.8) is 0 Å². The fourth-order valence-corrected chi connectivity index (χ4v) is 3.08. The molecule has 0 unspecified atom stereocenters. The molecule has 2 N–H and O–H groups in total. The normalized spacial score (nSPS) is 14.0. The zero-order valence-electron chi connectivity index (χ0n) is 16.4. The van der Waals surface area contributed by atoms with Crippen LogP contribution in [0.2, 0.25) is 0 Å². The van der Waals surface area contributed by atoms with Gasteiger partial charge in [0.25, 0.3) is 0 Å². The van der Waals surface area contributed by atoms with Gasteiger partial charge in [0.05, 0.1) is 6.54 Å². The van der Waals surface area contributed by atoms with Gasteiger partial charge in [-0.3, -0.25) is 4.79 Å². The van der Waals surface area contributed by atoms with E-state index in [9.17, 15) is 4.79 Å². The number of likely N-dealkylation sites (tertiary alicyclic amines) is 1. The van der Waals surface area contributed by atoms with Crippen LogP contribution in [0.15, 0.2) is 59.6 Å². The van der Waals surface area contributed by atoms with Gasteiger partial charge in [0.2, 0.25) is 5.91 Å². The van der Waals surface area contributed by atoms with Crippen molar-refractivity contribution in [3.05, 3.63) is 65.7 Å². The lowest BCUT2D eigenvalue weighted by molar-refractivity contribution is -0.127. The Morgan fingerprint density at radius 3 is 2.54 bits per heavy atom. The highest BCUT2D eigenvalue weighted by Crippen LogP contribution is 2.10. The topological polar surface area (TPSA) is 56.7 Å². The molecular weight excluding hydrogens is 463 g/mol. The molecule has 0 saturated carbocycles. The zero-order chi connectivity index (χ0) is 18.9. The second-order valence-electron chi connectivity index (χ2n) is 6.91. The summed E-state index contributed by atoms with van der Waals surface area (Å²) in [6.07, 6.45) is 2.60. The van der Waals surface area contributed by atoms with Gasteiger partial charge in [-0.15, -0.1) is 24.0 Å². The van der Waals surface area contributed by atoms with Crippen molar-refractivity contribution < 1.29 is 4.79 Å². The molecule has 1 aliphatic heterocycles. The molecule has 0 radical (unpaired) electrons. The molecule has 1 aliphatic rings. The molecule has 1 heterocycles. The van der Waals surface area contributed by atoms with Gasteiger partial charge >= 0.3 is 0 Å². The van der Waals surface area contributed by atoms with Crippen LogP contribution in [0.3, 0.4) is 0 Å².